The average molecular weight is 470 g/mol. The third-order valence-corrected chi connectivity index (χ3v) is 11.3. The first-order chi connectivity index (χ1) is 14.7. The molecule has 0 spiro atoms. The molecule has 7 nitrogen and oxygen atoms in total. The maximum atomic E-state index is 12.7. The molecule has 1 aliphatic rings. The van der Waals surface area contributed by atoms with Crippen LogP contribution in [0.2, 0.25) is 18.1 Å². The van der Waals surface area contributed by atoms with Gasteiger partial charge in [-0.15, -0.1) is 0 Å². The lowest BCUT2D eigenvalue weighted by molar-refractivity contribution is -0.145. The van der Waals surface area contributed by atoms with Crippen LogP contribution in [-0.4, -0.2) is 55.9 Å². The SMILES string of the molecule is C/C=C/C(=O)C[C@@H]1CC[C@@H](C)[C@H](CC(=O)NC[C@H](O[Si](C)(C)C(C)(C)C)[C@H](C)C(=O)O)O1. The van der Waals surface area contributed by atoms with Gasteiger partial charge >= 0.3 is 5.97 Å². The van der Waals surface area contributed by atoms with E-state index in [4.69, 9.17) is 9.16 Å². The number of hydrogen-bond donors (Lipinski definition) is 2. The first kappa shape index (κ1) is 28.5. The van der Waals surface area contributed by atoms with Crippen LogP contribution in [0.25, 0.3) is 0 Å². The molecule has 32 heavy (non-hydrogen) atoms. The standard InChI is InChI=1S/C24H43NO6Si/c1-9-10-18(26)13-19-12-11-16(2)20(30-19)14-22(27)25-15-21(17(3)23(28)29)31-32(7,8)24(4,5)6/h9-10,16-17,19-21H,11-15H2,1-8H3,(H,25,27)(H,28,29)/b10-9+/t16-,17+,19+,20+,21+/m1/s1. The summed E-state index contributed by atoms with van der Waals surface area (Å²) < 4.78 is 12.4. The van der Waals surface area contributed by atoms with E-state index < -0.39 is 26.3 Å². The number of carboxylic acids is 1. The summed E-state index contributed by atoms with van der Waals surface area (Å²) in [6.07, 6.45) is 4.46. The topological polar surface area (TPSA) is 102 Å². The summed E-state index contributed by atoms with van der Waals surface area (Å²) >= 11 is 0. The van der Waals surface area contributed by atoms with Gasteiger partial charge in [0.05, 0.1) is 30.7 Å². The fraction of sp³-hybridized carbons (Fsp3) is 0.792. The van der Waals surface area contributed by atoms with Crippen molar-refractivity contribution in [2.45, 2.75) is 104 Å². The van der Waals surface area contributed by atoms with Crippen LogP contribution in [0.4, 0.5) is 0 Å². The molecule has 1 heterocycles. The van der Waals surface area contributed by atoms with Crippen LogP contribution in [0.1, 0.15) is 67.2 Å². The molecular weight excluding hydrogens is 426 g/mol. The second-order valence-electron chi connectivity index (χ2n) is 10.6. The van der Waals surface area contributed by atoms with Gasteiger partial charge < -0.3 is 19.6 Å². The minimum Gasteiger partial charge on any atom is -0.481 e. The second-order valence-corrected chi connectivity index (χ2v) is 15.3. The summed E-state index contributed by atoms with van der Waals surface area (Å²) in [6, 6.07) is 0. The predicted octanol–water partition coefficient (Wildman–Crippen LogP) is 4.32. The summed E-state index contributed by atoms with van der Waals surface area (Å²) in [5.41, 5.74) is 0. The zero-order chi connectivity index (χ0) is 24.7. The van der Waals surface area contributed by atoms with Crippen LogP contribution in [0.15, 0.2) is 12.2 Å². The van der Waals surface area contributed by atoms with E-state index in [0.717, 1.165) is 12.8 Å². The molecule has 1 rings (SSSR count). The highest BCUT2D eigenvalue weighted by atomic mass is 28.4. The quantitative estimate of drug-likeness (QED) is 0.345. The Morgan fingerprint density at radius 3 is 2.38 bits per heavy atom. The van der Waals surface area contributed by atoms with Crippen molar-refractivity contribution in [3.63, 3.8) is 0 Å². The molecule has 0 unspecified atom stereocenters. The Kier molecular flexibility index (Phi) is 10.8. The van der Waals surface area contributed by atoms with Crippen LogP contribution < -0.4 is 5.32 Å². The molecule has 0 saturated carbocycles. The summed E-state index contributed by atoms with van der Waals surface area (Å²) in [7, 11) is -2.21. The maximum absolute atomic E-state index is 12.7. The molecule has 0 aromatic heterocycles. The summed E-state index contributed by atoms with van der Waals surface area (Å²) in [6.45, 7) is 16.1. The highest BCUT2D eigenvalue weighted by Gasteiger charge is 2.41. The number of allylic oxidation sites excluding steroid dienone is 2. The van der Waals surface area contributed by atoms with Crippen molar-refractivity contribution in [3.8, 4) is 0 Å². The third kappa shape index (κ3) is 8.79. The second kappa shape index (κ2) is 12.1. The fourth-order valence-corrected chi connectivity index (χ4v) is 4.86. The molecule has 0 radical (unpaired) electrons. The Morgan fingerprint density at radius 2 is 1.84 bits per heavy atom. The predicted molar refractivity (Wildman–Crippen MR) is 128 cm³/mol. The van der Waals surface area contributed by atoms with Gasteiger partial charge in [0.1, 0.15) is 0 Å². The van der Waals surface area contributed by atoms with E-state index >= 15 is 0 Å². The highest BCUT2D eigenvalue weighted by Crippen LogP contribution is 2.38. The van der Waals surface area contributed by atoms with Crippen molar-refractivity contribution in [2.75, 3.05) is 6.54 Å². The molecule has 5 atom stereocenters. The molecule has 0 aromatic rings. The molecular formula is C24H43NO6Si. The lowest BCUT2D eigenvalue weighted by atomic mass is 9.90. The average Bonchev–Trinajstić information content (AvgIpc) is 2.66. The number of amides is 1. The Morgan fingerprint density at radius 1 is 1.22 bits per heavy atom. The molecule has 0 aromatic carbocycles. The largest absolute Gasteiger partial charge is 0.481 e. The van der Waals surface area contributed by atoms with Gasteiger partial charge in [0, 0.05) is 13.0 Å². The maximum Gasteiger partial charge on any atom is 0.308 e. The molecule has 1 amide bonds. The van der Waals surface area contributed by atoms with E-state index in [-0.39, 0.29) is 47.8 Å². The molecule has 1 fully saturated rings. The van der Waals surface area contributed by atoms with Gasteiger partial charge in [-0.25, -0.2) is 0 Å². The molecule has 0 aliphatic carbocycles. The molecule has 1 saturated heterocycles. The van der Waals surface area contributed by atoms with E-state index in [9.17, 15) is 19.5 Å². The fourth-order valence-electron chi connectivity index (χ4n) is 3.47. The number of hydrogen-bond acceptors (Lipinski definition) is 5. The first-order valence-electron chi connectivity index (χ1n) is 11.7. The third-order valence-electron chi connectivity index (χ3n) is 6.81. The summed E-state index contributed by atoms with van der Waals surface area (Å²) in [4.78, 5) is 36.2. The van der Waals surface area contributed by atoms with E-state index in [1.165, 1.54) is 0 Å². The lowest BCUT2D eigenvalue weighted by Gasteiger charge is -2.40. The van der Waals surface area contributed by atoms with Crippen LogP contribution >= 0.6 is 0 Å². The number of rotatable bonds is 11. The number of carboxylic acid groups (broad SMARTS) is 1. The van der Waals surface area contributed by atoms with Gasteiger partial charge in [-0.1, -0.05) is 33.8 Å². The minimum atomic E-state index is -2.21. The van der Waals surface area contributed by atoms with Gasteiger partial charge in [0.25, 0.3) is 0 Å². The smallest absolute Gasteiger partial charge is 0.308 e. The van der Waals surface area contributed by atoms with Crippen LogP contribution in [0, 0.1) is 11.8 Å². The number of ketones is 1. The van der Waals surface area contributed by atoms with Gasteiger partial charge in [-0.2, -0.15) is 0 Å². The molecule has 1 aliphatic heterocycles. The van der Waals surface area contributed by atoms with E-state index in [1.54, 1.807) is 19.1 Å². The zero-order valence-electron chi connectivity index (χ0n) is 21.1. The van der Waals surface area contributed by atoms with Gasteiger partial charge in [-0.05, 0) is 56.8 Å². The van der Waals surface area contributed by atoms with Crippen molar-refractivity contribution < 1.29 is 28.7 Å². The number of ether oxygens (including phenoxy) is 1. The number of carbonyl (C=O) groups is 3. The Hall–Kier alpha value is -1.51. The van der Waals surface area contributed by atoms with Gasteiger partial charge in [0.2, 0.25) is 5.91 Å². The van der Waals surface area contributed by atoms with Crippen molar-refractivity contribution in [1.82, 2.24) is 5.32 Å². The normalized spacial score (nSPS) is 24.2. The van der Waals surface area contributed by atoms with E-state index in [1.807, 2.05) is 6.92 Å². The van der Waals surface area contributed by atoms with E-state index in [0.29, 0.717) is 6.42 Å². The van der Waals surface area contributed by atoms with Gasteiger partial charge in [-0.3, -0.25) is 14.4 Å². The van der Waals surface area contributed by atoms with Crippen molar-refractivity contribution >= 4 is 26.0 Å². The van der Waals surface area contributed by atoms with Crippen LogP contribution in [0.3, 0.4) is 0 Å². The van der Waals surface area contributed by atoms with Crippen LogP contribution in [-0.2, 0) is 23.5 Å². The number of carbonyl (C=O) groups excluding carboxylic acids is 2. The van der Waals surface area contributed by atoms with Crippen molar-refractivity contribution in [1.29, 1.82) is 0 Å². The van der Waals surface area contributed by atoms with Crippen molar-refractivity contribution in [2.24, 2.45) is 11.8 Å². The minimum absolute atomic E-state index is 0.0310. The molecule has 0 bridgehead atoms. The highest BCUT2D eigenvalue weighted by molar-refractivity contribution is 6.74. The van der Waals surface area contributed by atoms with Crippen LogP contribution in [0.5, 0.6) is 0 Å². The molecule has 8 heteroatoms. The zero-order valence-corrected chi connectivity index (χ0v) is 22.1. The monoisotopic (exact) mass is 469 g/mol. The summed E-state index contributed by atoms with van der Waals surface area (Å²) in [5.74, 6) is -1.63. The Bertz CT molecular complexity index is 684. The number of nitrogens with one attached hydrogen (secondary N) is 1. The molecule has 184 valence electrons. The Labute approximate surface area is 194 Å². The molecule has 2 N–H and O–H groups in total. The van der Waals surface area contributed by atoms with E-state index in [2.05, 4.69) is 46.1 Å². The van der Waals surface area contributed by atoms with Crippen molar-refractivity contribution in [3.05, 3.63) is 12.2 Å². The van der Waals surface area contributed by atoms with Gasteiger partial charge in [0.15, 0.2) is 14.1 Å². The lowest BCUT2D eigenvalue weighted by Crippen LogP contribution is -2.50. The summed E-state index contributed by atoms with van der Waals surface area (Å²) in [5, 5.41) is 12.3. The number of aliphatic carboxylic acids is 1. The Balaban J connectivity index is 2.73. The first-order valence-corrected chi connectivity index (χ1v) is 14.6.